The van der Waals surface area contributed by atoms with Gasteiger partial charge in [0.25, 0.3) is 11.6 Å². The molecule has 1 aromatic rings. The Kier molecular flexibility index (Phi) is 5.29. The van der Waals surface area contributed by atoms with Gasteiger partial charge in [-0.15, -0.1) is 11.8 Å². The summed E-state index contributed by atoms with van der Waals surface area (Å²) in [4.78, 5) is 47.6. The van der Waals surface area contributed by atoms with Gasteiger partial charge in [-0.05, 0) is 19.4 Å². The summed E-state index contributed by atoms with van der Waals surface area (Å²) >= 11 is 7.43. The number of carbonyl (C=O) groups excluding carboxylic acids is 3. The molecule has 9 nitrogen and oxygen atoms in total. The monoisotopic (exact) mass is 413 g/mol. The van der Waals surface area contributed by atoms with Gasteiger partial charge in [0.15, 0.2) is 6.61 Å². The highest BCUT2D eigenvalue weighted by atomic mass is 35.5. The number of nitro groups is 1. The van der Waals surface area contributed by atoms with Gasteiger partial charge in [0, 0.05) is 24.3 Å². The van der Waals surface area contributed by atoms with Crippen LogP contribution in [0.2, 0.25) is 5.02 Å². The molecule has 3 rings (SSSR count). The lowest BCUT2D eigenvalue weighted by Crippen LogP contribution is -2.47. The second-order valence-electron chi connectivity index (χ2n) is 6.34. The fourth-order valence-corrected chi connectivity index (χ4v) is 4.77. The van der Waals surface area contributed by atoms with Crippen LogP contribution in [0.3, 0.4) is 0 Å². The summed E-state index contributed by atoms with van der Waals surface area (Å²) in [6.07, 6.45) is 1.08. The van der Waals surface area contributed by atoms with E-state index >= 15 is 0 Å². The van der Waals surface area contributed by atoms with Crippen molar-refractivity contribution in [3.05, 3.63) is 33.3 Å². The third kappa shape index (κ3) is 3.86. The Balaban J connectivity index is 1.56. The van der Waals surface area contributed by atoms with Crippen molar-refractivity contribution in [3.8, 4) is 0 Å². The molecule has 2 aliphatic rings. The largest absolute Gasteiger partial charge is 0.454 e. The average Bonchev–Trinajstić information content (AvgIpc) is 3.10. The van der Waals surface area contributed by atoms with E-state index < -0.39 is 34.3 Å². The predicted octanol–water partition coefficient (Wildman–Crippen LogP) is 2.18. The van der Waals surface area contributed by atoms with Crippen molar-refractivity contribution in [2.24, 2.45) is 0 Å². The second kappa shape index (κ2) is 7.35. The number of esters is 1. The first kappa shape index (κ1) is 19.4. The standard InChI is InChI=1S/C16H16ClN3O6S/c1-16-5-4-14(22)19(16)12(8-27-16)15(23)26-7-13(21)18-11-3-2-9(20(24)25)6-10(11)17/h2-3,6,12H,4-5,7-8H2,1H3,(H,18,21)/t12-,16-/m0/s1. The molecule has 1 N–H and O–H groups in total. The van der Waals surface area contributed by atoms with Gasteiger partial charge in [-0.3, -0.25) is 19.7 Å². The Morgan fingerprint density at radius 1 is 1.52 bits per heavy atom. The molecule has 2 amide bonds. The summed E-state index contributed by atoms with van der Waals surface area (Å²) in [5.41, 5.74) is -0.0384. The average molecular weight is 414 g/mol. The lowest BCUT2D eigenvalue weighted by atomic mass is 10.2. The van der Waals surface area contributed by atoms with E-state index in [1.165, 1.54) is 23.9 Å². The number of carbonyl (C=O) groups is 3. The molecule has 2 atom stereocenters. The van der Waals surface area contributed by atoms with E-state index in [1.807, 2.05) is 6.92 Å². The molecule has 0 unspecified atom stereocenters. The van der Waals surface area contributed by atoms with Crippen LogP contribution >= 0.6 is 23.4 Å². The van der Waals surface area contributed by atoms with Crippen molar-refractivity contribution < 1.29 is 24.0 Å². The molecule has 2 heterocycles. The maximum atomic E-state index is 12.3. The van der Waals surface area contributed by atoms with Crippen molar-refractivity contribution in [1.82, 2.24) is 4.90 Å². The van der Waals surface area contributed by atoms with E-state index in [0.29, 0.717) is 18.6 Å². The van der Waals surface area contributed by atoms with Crippen LogP contribution in [-0.4, -0.2) is 50.9 Å². The summed E-state index contributed by atoms with van der Waals surface area (Å²) in [6, 6.07) is 2.90. The number of benzene rings is 1. The van der Waals surface area contributed by atoms with Crippen molar-refractivity contribution in [2.75, 3.05) is 17.7 Å². The predicted molar refractivity (Wildman–Crippen MR) is 98.4 cm³/mol. The number of amides is 2. The van der Waals surface area contributed by atoms with Gasteiger partial charge in [-0.1, -0.05) is 11.6 Å². The van der Waals surface area contributed by atoms with Gasteiger partial charge in [0.1, 0.15) is 6.04 Å². The third-order valence-electron chi connectivity index (χ3n) is 4.50. The number of halogens is 1. The molecule has 1 aromatic carbocycles. The minimum Gasteiger partial charge on any atom is -0.454 e. The first-order chi connectivity index (χ1) is 12.7. The van der Waals surface area contributed by atoms with Crippen LogP contribution in [0, 0.1) is 10.1 Å². The molecular formula is C16H16ClN3O6S. The summed E-state index contributed by atoms with van der Waals surface area (Å²) < 4.78 is 5.05. The third-order valence-corrected chi connectivity index (χ3v) is 6.32. The number of rotatable bonds is 5. The van der Waals surface area contributed by atoms with E-state index in [0.717, 1.165) is 6.07 Å². The van der Waals surface area contributed by atoms with Crippen LogP contribution in [0.4, 0.5) is 11.4 Å². The first-order valence-corrected chi connectivity index (χ1v) is 9.44. The molecule has 11 heteroatoms. The summed E-state index contributed by atoms with van der Waals surface area (Å²) in [5, 5.41) is 13.1. The van der Waals surface area contributed by atoms with Crippen molar-refractivity contribution >= 4 is 52.5 Å². The maximum absolute atomic E-state index is 12.3. The number of nitro benzene ring substituents is 1. The van der Waals surface area contributed by atoms with Gasteiger partial charge in [-0.2, -0.15) is 0 Å². The molecule has 0 bridgehead atoms. The molecule has 0 aliphatic carbocycles. The molecule has 0 radical (unpaired) electrons. The van der Waals surface area contributed by atoms with Crippen molar-refractivity contribution in [2.45, 2.75) is 30.7 Å². The number of nitrogens with one attached hydrogen (secondary N) is 1. The minimum absolute atomic E-state index is 0.00509. The van der Waals surface area contributed by atoms with Crippen LogP contribution in [-0.2, 0) is 19.1 Å². The molecule has 144 valence electrons. The Morgan fingerprint density at radius 3 is 2.93 bits per heavy atom. The number of hydrogen-bond donors (Lipinski definition) is 1. The van der Waals surface area contributed by atoms with Gasteiger partial charge >= 0.3 is 5.97 Å². The molecule has 27 heavy (non-hydrogen) atoms. The van der Waals surface area contributed by atoms with Gasteiger partial charge < -0.3 is 15.0 Å². The Hall–Kier alpha value is -2.33. The fourth-order valence-electron chi connectivity index (χ4n) is 3.13. The Morgan fingerprint density at radius 2 is 2.26 bits per heavy atom. The summed E-state index contributed by atoms with van der Waals surface area (Å²) in [7, 11) is 0. The number of fused-ring (bicyclic) bond motifs is 1. The first-order valence-electron chi connectivity index (χ1n) is 8.08. The number of ether oxygens (including phenoxy) is 1. The van der Waals surface area contributed by atoms with E-state index in [2.05, 4.69) is 5.32 Å². The molecule has 0 spiro atoms. The molecule has 0 saturated carbocycles. The molecular weight excluding hydrogens is 398 g/mol. The SMILES string of the molecule is C[C@]12CCC(=O)N1[C@H](C(=O)OCC(=O)Nc1ccc([N+](=O)[O-])cc1Cl)CS2. The highest BCUT2D eigenvalue weighted by Gasteiger charge is 2.53. The van der Waals surface area contributed by atoms with Crippen LogP contribution in [0.25, 0.3) is 0 Å². The lowest BCUT2D eigenvalue weighted by Gasteiger charge is -2.29. The quantitative estimate of drug-likeness (QED) is 0.446. The van der Waals surface area contributed by atoms with Crippen molar-refractivity contribution in [1.29, 1.82) is 0 Å². The number of nitrogens with zero attached hydrogens (tertiary/aromatic N) is 2. The van der Waals surface area contributed by atoms with E-state index in [4.69, 9.17) is 16.3 Å². The lowest BCUT2D eigenvalue weighted by molar-refractivity contribution is -0.384. The Labute approximate surface area is 163 Å². The van der Waals surface area contributed by atoms with Crippen LogP contribution < -0.4 is 5.32 Å². The molecule has 0 aromatic heterocycles. The minimum atomic E-state index is -0.703. The normalized spacial score (nSPS) is 23.9. The van der Waals surface area contributed by atoms with Crippen LogP contribution in [0.15, 0.2) is 18.2 Å². The molecule has 2 fully saturated rings. The number of thioether (sulfide) groups is 1. The number of anilines is 1. The van der Waals surface area contributed by atoms with Gasteiger partial charge in [0.2, 0.25) is 5.91 Å². The maximum Gasteiger partial charge on any atom is 0.330 e. The highest BCUT2D eigenvalue weighted by molar-refractivity contribution is 8.01. The zero-order chi connectivity index (χ0) is 19.8. The number of non-ortho nitro benzene ring substituents is 1. The van der Waals surface area contributed by atoms with E-state index in [-0.39, 0.29) is 22.3 Å². The smallest absolute Gasteiger partial charge is 0.330 e. The number of hydrogen-bond acceptors (Lipinski definition) is 7. The zero-order valence-electron chi connectivity index (χ0n) is 14.3. The summed E-state index contributed by atoms with van der Waals surface area (Å²) in [5.74, 6) is -0.935. The van der Waals surface area contributed by atoms with Crippen LogP contribution in [0.1, 0.15) is 19.8 Å². The summed E-state index contributed by atoms with van der Waals surface area (Å²) in [6.45, 7) is 1.37. The molecule has 2 aliphatic heterocycles. The topological polar surface area (TPSA) is 119 Å². The Bertz CT molecular complexity index is 834. The van der Waals surface area contributed by atoms with Gasteiger partial charge in [-0.25, -0.2) is 4.79 Å². The highest BCUT2D eigenvalue weighted by Crippen LogP contribution is 2.47. The van der Waals surface area contributed by atoms with Gasteiger partial charge in [0.05, 0.1) is 20.5 Å². The van der Waals surface area contributed by atoms with E-state index in [1.54, 1.807) is 4.90 Å². The molecule has 2 saturated heterocycles. The second-order valence-corrected chi connectivity index (χ2v) is 8.25. The van der Waals surface area contributed by atoms with Crippen molar-refractivity contribution in [3.63, 3.8) is 0 Å². The van der Waals surface area contributed by atoms with Crippen LogP contribution in [0.5, 0.6) is 0 Å². The zero-order valence-corrected chi connectivity index (χ0v) is 15.8. The van der Waals surface area contributed by atoms with E-state index in [9.17, 15) is 24.5 Å². The fraction of sp³-hybridized carbons (Fsp3) is 0.438.